The second kappa shape index (κ2) is 10.1. The molecule has 8 heteroatoms. The number of aliphatic hydroxyl groups is 1. The molecule has 1 aromatic carbocycles. The topological polar surface area (TPSA) is 110 Å². The van der Waals surface area contributed by atoms with Crippen LogP contribution in [0.15, 0.2) is 42.7 Å². The molecule has 1 saturated heterocycles. The van der Waals surface area contributed by atoms with E-state index in [1.54, 1.807) is 12.4 Å². The van der Waals surface area contributed by atoms with Gasteiger partial charge in [0.1, 0.15) is 18.0 Å². The van der Waals surface area contributed by atoms with Crippen molar-refractivity contribution >= 4 is 17.5 Å². The van der Waals surface area contributed by atoms with Gasteiger partial charge in [0.15, 0.2) is 0 Å². The minimum Gasteiger partial charge on any atom is -0.487 e. The quantitative estimate of drug-likeness (QED) is 0.580. The first-order valence-electron chi connectivity index (χ1n) is 12.1. The Morgan fingerprint density at radius 1 is 1.09 bits per heavy atom. The van der Waals surface area contributed by atoms with Gasteiger partial charge in [-0.25, -0.2) is 0 Å². The fraction of sp³-hybridized carbons (Fsp3) is 0.500. The largest absolute Gasteiger partial charge is 0.487 e. The monoisotopic (exact) mass is 465 g/mol. The molecule has 4 atom stereocenters. The molecule has 1 saturated carbocycles. The normalized spacial score (nSPS) is 25.8. The number of rotatable bonds is 7. The Balaban J connectivity index is 1.26. The molecule has 0 radical (unpaired) electrons. The molecule has 5 rings (SSSR count). The van der Waals surface area contributed by atoms with Gasteiger partial charge in [0.25, 0.3) is 0 Å². The van der Waals surface area contributed by atoms with Gasteiger partial charge in [0.05, 0.1) is 25.6 Å². The van der Waals surface area contributed by atoms with E-state index >= 15 is 0 Å². The van der Waals surface area contributed by atoms with E-state index in [0.29, 0.717) is 12.1 Å². The minimum absolute atomic E-state index is 0.00306. The molecule has 0 spiro atoms. The van der Waals surface area contributed by atoms with Crippen LogP contribution in [0.2, 0.25) is 0 Å². The molecular formula is C26H31N3O5. The summed E-state index contributed by atoms with van der Waals surface area (Å²) in [5.41, 5.74) is 2.57. The van der Waals surface area contributed by atoms with Gasteiger partial charge in [-0.3, -0.25) is 14.6 Å². The van der Waals surface area contributed by atoms with E-state index in [9.17, 15) is 14.7 Å². The Morgan fingerprint density at radius 3 is 2.65 bits per heavy atom. The van der Waals surface area contributed by atoms with E-state index < -0.39 is 6.10 Å². The third kappa shape index (κ3) is 5.08. The zero-order valence-corrected chi connectivity index (χ0v) is 19.1. The molecule has 8 nitrogen and oxygen atoms in total. The number of aliphatic hydroxyl groups excluding tert-OH is 1. The smallest absolute Gasteiger partial charge is 0.228 e. The molecule has 3 aliphatic rings. The van der Waals surface area contributed by atoms with E-state index in [1.165, 1.54) is 0 Å². The van der Waals surface area contributed by atoms with Gasteiger partial charge in [-0.15, -0.1) is 0 Å². The van der Waals surface area contributed by atoms with Gasteiger partial charge in [-0.1, -0.05) is 12.8 Å². The average Bonchev–Trinajstić information content (AvgIpc) is 3.46. The number of fused-ring (bicyclic) bond motifs is 3. The summed E-state index contributed by atoms with van der Waals surface area (Å²) in [5, 5.41) is 16.0. The summed E-state index contributed by atoms with van der Waals surface area (Å²) < 4.78 is 12.2. The van der Waals surface area contributed by atoms with Crippen molar-refractivity contribution in [1.82, 2.24) is 10.3 Å². The van der Waals surface area contributed by atoms with Crippen LogP contribution < -0.4 is 15.4 Å². The summed E-state index contributed by atoms with van der Waals surface area (Å²) in [7, 11) is 0. The maximum atomic E-state index is 12.6. The number of aromatic nitrogens is 1. The lowest BCUT2D eigenvalue weighted by atomic mass is 9.84. The molecule has 34 heavy (non-hydrogen) atoms. The van der Waals surface area contributed by atoms with E-state index in [-0.39, 0.29) is 55.4 Å². The van der Waals surface area contributed by atoms with Gasteiger partial charge in [0, 0.05) is 35.6 Å². The second-order valence-electron chi connectivity index (χ2n) is 9.49. The number of nitrogens with zero attached hydrogens (tertiary/aromatic N) is 1. The van der Waals surface area contributed by atoms with Crippen molar-refractivity contribution in [3.8, 4) is 5.75 Å². The highest BCUT2D eigenvalue weighted by molar-refractivity contribution is 5.92. The fourth-order valence-electron chi connectivity index (χ4n) is 5.42. The number of amides is 2. The van der Waals surface area contributed by atoms with Crippen LogP contribution in [0.3, 0.4) is 0 Å². The molecule has 0 bridgehead atoms. The molecule has 0 unspecified atom stereocenters. The molecule has 2 aliphatic heterocycles. The first-order valence-corrected chi connectivity index (χ1v) is 12.1. The van der Waals surface area contributed by atoms with Crippen LogP contribution in [0.25, 0.3) is 0 Å². The summed E-state index contributed by atoms with van der Waals surface area (Å²) in [5.74, 6) is 0.620. The summed E-state index contributed by atoms with van der Waals surface area (Å²) in [6.07, 6.45) is 7.81. The molecule has 2 amide bonds. The Hall–Kier alpha value is -2.97. The molecular weight excluding hydrogens is 434 g/mol. The van der Waals surface area contributed by atoms with Crippen molar-refractivity contribution in [2.24, 2.45) is 0 Å². The van der Waals surface area contributed by atoms with Crippen molar-refractivity contribution < 1.29 is 24.2 Å². The fourth-order valence-corrected chi connectivity index (χ4v) is 5.42. The van der Waals surface area contributed by atoms with Crippen LogP contribution in [0.1, 0.15) is 55.6 Å². The van der Waals surface area contributed by atoms with Crippen molar-refractivity contribution in [2.45, 2.75) is 75.2 Å². The third-order valence-electron chi connectivity index (χ3n) is 7.03. The predicted molar refractivity (Wildman–Crippen MR) is 126 cm³/mol. The maximum Gasteiger partial charge on any atom is 0.228 e. The average molecular weight is 466 g/mol. The Kier molecular flexibility index (Phi) is 6.78. The Morgan fingerprint density at radius 2 is 1.88 bits per heavy atom. The van der Waals surface area contributed by atoms with Gasteiger partial charge in [-0.2, -0.15) is 0 Å². The molecule has 3 heterocycles. The zero-order valence-electron chi connectivity index (χ0n) is 19.1. The predicted octanol–water partition coefficient (Wildman–Crippen LogP) is 2.71. The molecule has 1 aromatic heterocycles. The SMILES string of the molecule is O=C(Cc1ccncc1)Nc1ccc2c(c1)[C@@H]1C[C@H](CC(=O)NC3CCCC3)O[C@H](CO)[C@@H]1O2. The summed E-state index contributed by atoms with van der Waals surface area (Å²) >= 11 is 0. The van der Waals surface area contributed by atoms with E-state index in [4.69, 9.17) is 9.47 Å². The van der Waals surface area contributed by atoms with Crippen LogP contribution in [0.5, 0.6) is 5.75 Å². The molecule has 3 N–H and O–H groups in total. The highest BCUT2D eigenvalue weighted by Crippen LogP contribution is 2.47. The summed E-state index contributed by atoms with van der Waals surface area (Å²) in [6, 6.07) is 9.53. The van der Waals surface area contributed by atoms with Crippen LogP contribution in [0, 0.1) is 0 Å². The zero-order chi connectivity index (χ0) is 23.5. The van der Waals surface area contributed by atoms with Crippen molar-refractivity contribution in [2.75, 3.05) is 11.9 Å². The number of pyridine rings is 1. The standard InChI is InChI=1S/C26H31N3O5/c30-15-23-26-21(13-19(33-23)14-25(32)28-17-3-1-2-4-17)20-12-18(5-6-22(20)34-26)29-24(31)11-16-7-9-27-10-8-16/h5-10,12,17,19,21,23,26,30H,1-4,11,13-15H2,(H,28,32)(H,29,31)/t19-,21+,23-,26-/m1/s1. The number of ether oxygens (including phenoxy) is 2. The lowest BCUT2D eigenvalue weighted by Gasteiger charge is -2.37. The van der Waals surface area contributed by atoms with Crippen molar-refractivity contribution in [3.63, 3.8) is 0 Å². The van der Waals surface area contributed by atoms with E-state index in [2.05, 4.69) is 15.6 Å². The third-order valence-corrected chi connectivity index (χ3v) is 7.03. The highest BCUT2D eigenvalue weighted by atomic mass is 16.6. The summed E-state index contributed by atoms with van der Waals surface area (Å²) in [4.78, 5) is 29.1. The molecule has 1 aliphatic carbocycles. The lowest BCUT2D eigenvalue weighted by Crippen LogP contribution is -2.47. The van der Waals surface area contributed by atoms with Gasteiger partial charge in [0.2, 0.25) is 11.8 Å². The van der Waals surface area contributed by atoms with Crippen LogP contribution in [-0.2, 0) is 20.7 Å². The Bertz CT molecular complexity index is 1020. The van der Waals surface area contributed by atoms with Crippen molar-refractivity contribution in [3.05, 3.63) is 53.9 Å². The van der Waals surface area contributed by atoms with E-state index in [0.717, 1.165) is 42.6 Å². The second-order valence-corrected chi connectivity index (χ2v) is 9.49. The number of carbonyl (C=O) groups excluding carboxylic acids is 2. The number of hydrogen-bond donors (Lipinski definition) is 3. The highest BCUT2D eigenvalue weighted by Gasteiger charge is 2.46. The van der Waals surface area contributed by atoms with Gasteiger partial charge < -0.3 is 25.2 Å². The van der Waals surface area contributed by atoms with Crippen LogP contribution >= 0.6 is 0 Å². The summed E-state index contributed by atoms with van der Waals surface area (Å²) in [6.45, 7) is -0.175. The first kappa shape index (κ1) is 22.8. The van der Waals surface area contributed by atoms with E-state index in [1.807, 2.05) is 30.3 Å². The van der Waals surface area contributed by atoms with Crippen LogP contribution in [-0.4, -0.2) is 52.9 Å². The first-order chi connectivity index (χ1) is 16.6. The van der Waals surface area contributed by atoms with Crippen molar-refractivity contribution in [1.29, 1.82) is 0 Å². The van der Waals surface area contributed by atoms with Gasteiger partial charge >= 0.3 is 0 Å². The number of benzene rings is 1. The maximum absolute atomic E-state index is 12.6. The number of anilines is 1. The van der Waals surface area contributed by atoms with Gasteiger partial charge in [-0.05, 0) is 55.2 Å². The number of hydrogen-bond acceptors (Lipinski definition) is 6. The Labute approximate surface area is 199 Å². The molecule has 2 aromatic rings. The number of carbonyl (C=O) groups is 2. The minimum atomic E-state index is -0.500. The molecule has 2 fully saturated rings. The lowest BCUT2D eigenvalue weighted by molar-refractivity contribution is -0.142. The number of nitrogens with one attached hydrogen (secondary N) is 2. The van der Waals surface area contributed by atoms with Crippen LogP contribution in [0.4, 0.5) is 5.69 Å². The molecule has 180 valence electrons.